The Morgan fingerprint density at radius 2 is 2.00 bits per heavy atom. The summed E-state index contributed by atoms with van der Waals surface area (Å²) in [6.07, 6.45) is 1.14. The van der Waals surface area contributed by atoms with Gasteiger partial charge in [0.1, 0.15) is 5.75 Å². The minimum Gasteiger partial charge on any atom is -0.496 e. The molecular formula is C17H25NO4. The van der Waals surface area contributed by atoms with Gasteiger partial charge in [-0.3, -0.25) is 9.59 Å². The molecule has 0 radical (unpaired) electrons. The Labute approximate surface area is 132 Å². The summed E-state index contributed by atoms with van der Waals surface area (Å²) in [6.45, 7) is 5.74. The van der Waals surface area contributed by atoms with Crippen molar-refractivity contribution in [2.75, 3.05) is 26.9 Å². The van der Waals surface area contributed by atoms with Crippen LogP contribution >= 0.6 is 0 Å². The van der Waals surface area contributed by atoms with Crippen molar-refractivity contribution < 1.29 is 19.1 Å². The van der Waals surface area contributed by atoms with Gasteiger partial charge in [-0.15, -0.1) is 0 Å². The lowest BCUT2D eigenvalue weighted by Gasteiger charge is -2.09. The molecule has 5 nitrogen and oxygen atoms in total. The molecule has 0 heterocycles. The highest BCUT2D eigenvalue weighted by Gasteiger charge is 2.14. The summed E-state index contributed by atoms with van der Waals surface area (Å²) in [5.41, 5.74) is 1.52. The number of amides is 1. The zero-order chi connectivity index (χ0) is 16.4. The molecule has 1 aromatic carbocycles. The maximum atomic E-state index is 12.2. The van der Waals surface area contributed by atoms with Gasteiger partial charge in [-0.05, 0) is 32.4 Å². The summed E-state index contributed by atoms with van der Waals surface area (Å²) in [7, 11) is 1.53. The third-order valence-electron chi connectivity index (χ3n) is 3.23. The molecule has 0 fully saturated rings. The lowest BCUT2D eigenvalue weighted by atomic mass is 10.0. The van der Waals surface area contributed by atoms with E-state index in [0.717, 1.165) is 12.0 Å². The van der Waals surface area contributed by atoms with Crippen molar-refractivity contribution in [3.63, 3.8) is 0 Å². The minimum atomic E-state index is -0.114. The number of nitrogens with one attached hydrogen (secondary N) is 1. The van der Waals surface area contributed by atoms with Crippen molar-refractivity contribution in [3.05, 3.63) is 29.3 Å². The number of hydrogen-bond acceptors (Lipinski definition) is 4. The molecule has 0 aliphatic heterocycles. The third-order valence-corrected chi connectivity index (χ3v) is 3.23. The van der Waals surface area contributed by atoms with E-state index in [1.54, 1.807) is 12.1 Å². The first-order valence-electron chi connectivity index (χ1n) is 7.60. The molecule has 1 rings (SSSR count). The van der Waals surface area contributed by atoms with Gasteiger partial charge < -0.3 is 14.8 Å². The molecule has 122 valence electrons. The fourth-order valence-corrected chi connectivity index (χ4v) is 2.04. The second-order valence-electron chi connectivity index (χ2n) is 5.03. The van der Waals surface area contributed by atoms with Gasteiger partial charge in [0.25, 0.3) is 0 Å². The average molecular weight is 307 g/mol. The molecular weight excluding hydrogens is 282 g/mol. The van der Waals surface area contributed by atoms with E-state index in [2.05, 4.69) is 5.32 Å². The Kier molecular flexibility index (Phi) is 8.22. The van der Waals surface area contributed by atoms with Gasteiger partial charge in [0.05, 0.1) is 12.7 Å². The molecule has 1 N–H and O–H groups in total. The number of hydrogen-bond donors (Lipinski definition) is 1. The number of methoxy groups -OCH3 is 1. The number of aryl methyl sites for hydroxylation is 1. The van der Waals surface area contributed by atoms with Crippen LogP contribution in [0.2, 0.25) is 0 Å². The maximum absolute atomic E-state index is 12.2. The van der Waals surface area contributed by atoms with Crippen LogP contribution in [-0.2, 0) is 9.53 Å². The Morgan fingerprint density at radius 3 is 2.68 bits per heavy atom. The van der Waals surface area contributed by atoms with Gasteiger partial charge in [0, 0.05) is 32.6 Å². The summed E-state index contributed by atoms with van der Waals surface area (Å²) >= 11 is 0. The normalized spacial score (nSPS) is 10.3. The number of ether oxygens (including phenoxy) is 2. The highest BCUT2D eigenvalue weighted by molar-refractivity contribution is 6.00. The first-order valence-corrected chi connectivity index (χ1v) is 7.60. The summed E-state index contributed by atoms with van der Waals surface area (Å²) in [5, 5.41) is 2.79. The highest BCUT2D eigenvalue weighted by atomic mass is 16.5. The summed E-state index contributed by atoms with van der Waals surface area (Å²) in [5.74, 6) is 0.356. The smallest absolute Gasteiger partial charge is 0.220 e. The Morgan fingerprint density at radius 1 is 1.23 bits per heavy atom. The van der Waals surface area contributed by atoms with E-state index in [1.165, 1.54) is 7.11 Å². The van der Waals surface area contributed by atoms with E-state index < -0.39 is 0 Å². The van der Waals surface area contributed by atoms with Crippen molar-refractivity contribution in [1.82, 2.24) is 5.32 Å². The molecule has 0 unspecified atom stereocenters. The molecule has 0 atom stereocenters. The van der Waals surface area contributed by atoms with E-state index in [4.69, 9.17) is 9.47 Å². The second-order valence-corrected chi connectivity index (χ2v) is 5.03. The SMILES string of the molecule is CCOCCCNC(=O)CCC(=O)c1cc(C)ccc1OC. The second kappa shape index (κ2) is 9.95. The van der Waals surface area contributed by atoms with Crippen molar-refractivity contribution in [2.45, 2.75) is 33.1 Å². The van der Waals surface area contributed by atoms with Crippen molar-refractivity contribution >= 4 is 11.7 Å². The minimum absolute atomic E-state index is 0.0787. The van der Waals surface area contributed by atoms with Crippen LogP contribution in [0, 0.1) is 6.92 Å². The Bertz CT molecular complexity index is 499. The highest BCUT2D eigenvalue weighted by Crippen LogP contribution is 2.21. The molecule has 0 saturated carbocycles. The van der Waals surface area contributed by atoms with E-state index in [0.29, 0.717) is 31.1 Å². The van der Waals surface area contributed by atoms with Crippen LogP contribution in [0.15, 0.2) is 18.2 Å². The Hall–Kier alpha value is -1.88. The fraction of sp³-hybridized carbons (Fsp3) is 0.529. The van der Waals surface area contributed by atoms with Gasteiger partial charge in [-0.25, -0.2) is 0 Å². The summed E-state index contributed by atoms with van der Waals surface area (Å²) in [6, 6.07) is 5.46. The standard InChI is InChI=1S/C17H25NO4/c1-4-22-11-5-10-18-17(20)9-7-15(19)14-12-13(2)6-8-16(14)21-3/h6,8,12H,4-5,7,9-11H2,1-3H3,(H,18,20). The van der Waals surface area contributed by atoms with Crippen molar-refractivity contribution in [1.29, 1.82) is 0 Å². The van der Waals surface area contributed by atoms with Gasteiger partial charge in [0.2, 0.25) is 5.91 Å². The van der Waals surface area contributed by atoms with Gasteiger partial charge in [-0.2, -0.15) is 0 Å². The van der Waals surface area contributed by atoms with Crippen LogP contribution in [0.4, 0.5) is 0 Å². The average Bonchev–Trinajstić information content (AvgIpc) is 2.52. The lowest BCUT2D eigenvalue weighted by Crippen LogP contribution is -2.25. The number of Topliss-reactive ketones (excluding diaryl/α,β-unsaturated/α-hetero) is 1. The fourth-order valence-electron chi connectivity index (χ4n) is 2.04. The zero-order valence-corrected chi connectivity index (χ0v) is 13.6. The maximum Gasteiger partial charge on any atom is 0.220 e. The predicted octanol–water partition coefficient (Wildman–Crippen LogP) is 2.51. The lowest BCUT2D eigenvalue weighted by molar-refractivity contribution is -0.121. The van der Waals surface area contributed by atoms with Crippen LogP contribution < -0.4 is 10.1 Å². The molecule has 0 spiro atoms. The summed E-state index contributed by atoms with van der Waals surface area (Å²) in [4.78, 5) is 23.9. The largest absolute Gasteiger partial charge is 0.496 e. The number of ketones is 1. The molecule has 0 bridgehead atoms. The topological polar surface area (TPSA) is 64.6 Å². The molecule has 22 heavy (non-hydrogen) atoms. The monoisotopic (exact) mass is 307 g/mol. The van der Waals surface area contributed by atoms with Crippen molar-refractivity contribution in [2.24, 2.45) is 0 Å². The van der Waals surface area contributed by atoms with Crippen LogP contribution in [-0.4, -0.2) is 38.6 Å². The van der Waals surface area contributed by atoms with E-state index in [1.807, 2.05) is 19.9 Å². The van der Waals surface area contributed by atoms with Crippen molar-refractivity contribution in [3.8, 4) is 5.75 Å². The first kappa shape index (κ1) is 18.2. The third kappa shape index (κ3) is 6.26. The van der Waals surface area contributed by atoms with Crippen LogP contribution in [0.25, 0.3) is 0 Å². The van der Waals surface area contributed by atoms with E-state index in [-0.39, 0.29) is 24.5 Å². The molecule has 0 aliphatic rings. The number of rotatable bonds is 10. The zero-order valence-electron chi connectivity index (χ0n) is 13.6. The van der Waals surface area contributed by atoms with Gasteiger partial charge in [0.15, 0.2) is 5.78 Å². The summed E-state index contributed by atoms with van der Waals surface area (Å²) < 4.78 is 10.4. The molecule has 0 aliphatic carbocycles. The number of carbonyl (C=O) groups excluding carboxylic acids is 2. The molecule has 1 aromatic rings. The predicted molar refractivity (Wildman–Crippen MR) is 85.4 cm³/mol. The molecule has 0 aromatic heterocycles. The van der Waals surface area contributed by atoms with Gasteiger partial charge in [-0.1, -0.05) is 11.6 Å². The van der Waals surface area contributed by atoms with E-state index in [9.17, 15) is 9.59 Å². The van der Waals surface area contributed by atoms with E-state index >= 15 is 0 Å². The van der Waals surface area contributed by atoms with Crippen LogP contribution in [0.5, 0.6) is 5.75 Å². The number of carbonyl (C=O) groups is 2. The first-order chi connectivity index (χ1) is 10.6. The molecule has 1 amide bonds. The molecule has 5 heteroatoms. The Balaban J connectivity index is 2.39. The number of benzene rings is 1. The molecule has 0 saturated heterocycles. The van der Waals surface area contributed by atoms with Crippen LogP contribution in [0.3, 0.4) is 0 Å². The van der Waals surface area contributed by atoms with Crippen LogP contribution in [0.1, 0.15) is 42.1 Å². The quantitative estimate of drug-likeness (QED) is 0.533. The van der Waals surface area contributed by atoms with Gasteiger partial charge >= 0.3 is 0 Å².